The fourth-order valence-electron chi connectivity index (χ4n) is 3.12. The van der Waals surface area contributed by atoms with Crippen molar-refractivity contribution >= 4 is 27.3 Å². The smallest absolute Gasteiger partial charge is 0.254 e. The van der Waals surface area contributed by atoms with Crippen LogP contribution in [0.15, 0.2) is 48.5 Å². The zero-order valence-corrected chi connectivity index (χ0v) is 19.5. The van der Waals surface area contributed by atoms with Gasteiger partial charge in [0.25, 0.3) is 5.91 Å². The molecule has 0 fully saturated rings. The van der Waals surface area contributed by atoms with Crippen molar-refractivity contribution in [2.75, 3.05) is 10.0 Å². The van der Waals surface area contributed by atoms with Crippen LogP contribution in [-0.2, 0) is 16.6 Å². The summed E-state index contributed by atoms with van der Waals surface area (Å²) in [4.78, 5) is 14.6. The summed E-state index contributed by atoms with van der Waals surface area (Å²) < 4.78 is 26.4. The van der Waals surface area contributed by atoms with Crippen LogP contribution in [0.3, 0.4) is 0 Å². The van der Waals surface area contributed by atoms with E-state index in [9.17, 15) is 13.2 Å². The first-order valence-corrected chi connectivity index (χ1v) is 11.8. The van der Waals surface area contributed by atoms with Crippen molar-refractivity contribution in [2.24, 2.45) is 0 Å². The van der Waals surface area contributed by atoms with Gasteiger partial charge in [0.1, 0.15) is 0 Å². The van der Waals surface area contributed by atoms with Crippen LogP contribution in [0.25, 0.3) is 0 Å². The number of hydrogen-bond acceptors (Lipinski definition) is 4. The van der Waals surface area contributed by atoms with E-state index >= 15 is 0 Å². The predicted molar refractivity (Wildman–Crippen MR) is 124 cm³/mol. The molecule has 0 spiro atoms. The summed E-state index contributed by atoms with van der Waals surface area (Å²) in [5, 5.41) is 2.84. The molecule has 30 heavy (non-hydrogen) atoms. The topological polar surface area (TPSA) is 78.5 Å². The van der Waals surface area contributed by atoms with Crippen LogP contribution in [0.4, 0.5) is 11.4 Å². The van der Waals surface area contributed by atoms with Crippen molar-refractivity contribution in [3.63, 3.8) is 0 Å². The molecule has 0 aliphatic heterocycles. The maximum absolute atomic E-state index is 12.7. The molecule has 1 amide bonds. The van der Waals surface area contributed by atoms with E-state index < -0.39 is 15.3 Å². The van der Waals surface area contributed by atoms with E-state index in [4.69, 9.17) is 0 Å². The van der Waals surface area contributed by atoms with E-state index in [1.54, 1.807) is 26.0 Å². The average Bonchev–Trinajstić information content (AvgIpc) is 2.67. The Bertz CT molecular complexity index is 927. The number of anilines is 2. The maximum Gasteiger partial charge on any atom is 0.254 e. The van der Waals surface area contributed by atoms with Crippen molar-refractivity contribution < 1.29 is 13.2 Å². The molecule has 0 bridgehead atoms. The highest BCUT2D eigenvalue weighted by Crippen LogP contribution is 2.17. The SMILES string of the molecule is CC(C)N(C(=O)c1ccc(NCc2ccc(NS(=O)(=O)C(C)C)cc2)cc1)C(C)C. The Morgan fingerprint density at radius 1 is 0.833 bits per heavy atom. The lowest BCUT2D eigenvalue weighted by Gasteiger charge is -2.30. The summed E-state index contributed by atoms with van der Waals surface area (Å²) in [6, 6.07) is 15.0. The molecule has 0 aromatic heterocycles. The molecule has 0 saturated carbocycles. The molecule has 2 rings (SSSR count). The quantitative estimate of drug-likeness (QED) is 0.603. The number of carbonyl (C=O) groups excluding carboxylic acids is 1. The fourth-order valence-corrected chi connectivity index (χ4v) is 3.82. The fraction of sp³-hybridized carbons (Fsp3) is 0.435. The Morgan fingerprint density at radius 3 is 1.80 bits per heavy atom. The van der Waals surface area contributed by atoms with Crippen LogP contribution < -0.4 is 10.0 Å². The highest BCUT2D eigenvalue weighted by atomic mass is 32.2. The number of nitrogens with zero attached hydrogens (tertiary/aromatic N) is 1. The van der Waals surface area contributed by atoms with Crippen molar-refractivity contribution in [3.8, 4) is 0 Å². The Hall–Kier alpha value is -2.54. The summed E-state index contributed by atoms with van der Waals surface area (Å²) in [6.45, 7) is 12.0. The molecule has 0 heterocycles. The van der Waals surface area contributed by atoms with Gasteiger partial charge >= 0.3 is 0 Å². The van der Waals surface area contributed by atoms with Gasteiger partial charge in [0.05, 0.1) is 5.25 Å². The van der Waals surface area contributed by atoms with E-state index in [-0.39, 0.29) is 18.0 Å². The van der Waals surface area contributed by atoms with Crippen LogP contribution in [0.5, 0.6) is 0 Å². The van der Waals surface area contributed by atoms with Gasteiger partial charge in [-0.3, -0.25) is 9.52 Å². The van der Waals surface area contributed by atoms with Crippen LogP contribution in [0.1, 0.15) is 57.5 Å². The van der Waals surface area contributed by atoms with E-state index in [0.717, 1.165) is 11.3 Å². The highest BCUT2D eigenvalue weighted by Gasteiger charge is 2.21. The first kappa shape index (κ1) is 23.7. The van der Waals surface area contributed by atoms with E-state index in [0.29, 0.717) is 17.8 Å². The van der Waals surface area contributed by atoms with Gasteiger partial charge in [0, 0.05) is 35.6 Å². The van der Waals surface area contributed by atoms with E-state index in [1.165, 1.54) is 0 Å². The number of carbonyl (C=O) groups is 1. The Balaban J connectivity index is 1.98. The second-order valence-corrected chi connectivity index (χ2v) is 10.5. The molecule has 6 nitrogen and oxygen atoms in total. The van der Waals surface area contributed by atoms with E-state index in [1.807, 2.05) is 69.0 Å². The predicted octanol–water partition coefficient (Wildman–Crippen LogP) is 4.71. The molecular formula is C23H33N3O3S. The molecule has 2 aromatic carbocycles. The van der Waals surface area contributed by atoms with Gasteiger partial charge in [-0.25, -0.2) is 8.42 Å². The van der Waals surface area contributed by atoms with Crippen LogP contribution >= 0.6 is 0 Å². The third-order valence-corrected chi connectivity index (χ3v) is 6.57. The van der Waals surface area contributed by atoms with Crippen LogP contribution in [0, 0.1) is 0 Å². The van der Waals surface area contributed by atoms with Gasteiger partial charge in [-0.1, -0.05) is 12.1 Å². The minimum atomic E-state index is -3.34. The number of sulfonamides is 1. The molecule has 0 saturated heterocycles. The minimum Gasteiger partial charge on any atom is -0.381 e. The van der Waals surface area contributed by atoms with Crippen molar-refractivity contribution in [1.82, 2.24) is 4.90 Å². The first-order chi connectivity index (χ1) is 14.0. The number of nitrogens with one attached hydrogen (secondary N) is 2. The summed E-state index contributed by atoms with van der Waals surface area (Å²) >= 11 is 0. The van der Waals surface area contributed by atoms with Gasteiger partial charge < -0.3 is 10.2 Å². The lowest BCUT2D eigenvalue weighted by molar-refractivity contribution is 0.0643. The molecule has 164 valence electrons. The van der Waals surface area contributed by atoms with Gasteiger partial charge in [-0.2, -0.15) is 0 Å². The monoisotopic (exact) mass is 431 g/mol. The first-order valence-electron chi connectivity index (χ1n) is 10.3. The molecule has 2 aromatic rings. The normalized spacial score (nSPS) is 11.8. The number of amides is 1. The summed E-state index contributed by atoms with van der Waals surface area (Å²) in [6.07, 6.45) is 0. The van der Waals surface area contributed by atoms with Gasteiger partial charge in [-0.15, -0.1) is 0 Å². The standard InChI is InChI=1S/C23H33N3O3S/c1-16(2)26(17(3)4)23(27)20-9-13-21(14-10-20)24-15-19-7-11-22(12-8-19)25-30(28,29)18(5)6/h7-14,16-18,24-25H,15H2,1-6H3. The third-order valence-electron chi connectivity index (χ3n) is 4.81. The second kappa shape index (κ2) is 9.98. The summed E-state index contributed by atoms with van der Waals surface area (Å²) in [7, 11) is -3.34. The Labute approximate surface area is 180 Å². The summed E-state index contributed by atoms with van der Waals surface area (Å²) in [5.74, 6) is 0.0333. The summed E-state index contributed by atoms with van der Waals surface area (Å²) in [5.41, 5.74) is 3.16. The molecule has 0 unspecified atom stereocenters. The highest BCUT2D eigenvalue weighted by molar-refractivity contribution is 7.93. The largest absolute Gasteiger partial charge is 0.381 e. The Kier molecular flexibility index (Phi) is 7.89. The molecular weight excluding hydrogens is 398 g/mol. The second-order valence-electron chi connectivity index (χ2n) is 8.22. The average molecular weight is 432 g/mol. The molecule has 2 N–H and O–H groups in total. The minimum absolute atomic E-state index is 0.0333. The van der Waals surface area contributed by atoms with Gasteiger partial charge in [0.2, 0.25) is 10.0 Å². The lowest BCUT2D eigenvalue weighted by Crippen LogP contribution is -2.42. The molecule has 0 aliphatic carbocycles. The zero-order valence-electron chi connectivity index (χ0n) is 18.6. The third kappa shape index (κ3) is 6.23. The van der Waals surface area contributed by atoms with Crippen molar-refractivity contribution in [1.29, 1.82) is 0 Å². The van der Waals surface area contributed by atoms with Crippen molar-refractivity contribution in [2.45, 2.75) is 65.4 Å². The number of benzene rings is 2. The van der Waals surface area contributed by atoms with Crippen LogP contribution in [-0.4, -0.2) is 36.6 Å². The number of hydrogen-bond donors (Lipinski definition) is 2. The lowest BCUT2D eigenvalue weighted by atomic mass is 10.1. The molecule has 0 radical (unpaired) electrons. The molecule has 7 heteroatoms. The van der Waals surface area contributed by atoms with Crippen LogP contribution in [0.2, 0.25) is 0 Å². The zero-order chi connectivity index (χ0) is 22.5. The number of rotatable bonds is 9. The molecule has 0 atom stereocenters. The van der Waals surface area contributed by atoms with Gasteiger partial charge in [-0.05, 0) is 83.5 Å². The van der Waals surface area contributed by atoms with Gasteiger partial charge in [0.15, 0.2) is 0 Å². The maximum atomic E-state index is 12.7. The Morgan fingerprint density at radius 2 is 1.33 bits per heavy atom. The van der Waals surface area contributed by atoms with E-state index in [2.05, 4.69) is 10.0 Å². The molecule has 0 aliphatic rings. The van der Waals surface area contributed by atoms with Crippen molar-refractivity contribution in [3.05, 3.63) is 59.7 Å².